The van der Waals surface area contributed by atoms with Crippen LogP contribution in [0.1, 0.15) is 31.2 Å². The van der Waals surface area contributed by atoms with Crippen molar-refractivity contribution in [3.05, 3.63) is 28.2 Å². The molecule has 0 unspecified atom stereocenters. The zero-order chi connectivity index (χ0) is 15.5. The Labute approximate surface area is 132 Å². The number of benzene rings is 1. The van der Waals surface area contributed by atoms with Crippen molar-refractivity contribution in [2.45, 2.75) is 25.7 Å². The summed E-state index contributed by atoms with van der Waals surface area (Å²) in [6.45, 7) is 0.567. The second-order valence-electron chi connectivity index (χ2n) is 4.23. The van der Waals surface area contributed by atoms with E-state index in [9.17, 15) is 4.79 Å². The first-order chi connectivity index (χ1) is 10.1. The molecular weight excluding hydrogens is 336 g/mol. The van der Waals surface area contributed by atoms with Gasteiger partial charge in [0.05, 0.1) is 18.9 Å². The van der Waals surface area contributed by atoms with E-state index in [1.807, 2.05) is 18.2 Å². The van der Waals surface area contributed by atoms with Gasteiger partial charge < -0.3 is 10.5 Å². The minimum Gasteiger partial charge on any atom is -0.493 e. The number of carbonyl (C=O) groups is 1. The van der Waals surface area contributed by atoms with Gasteiger partial charge >= 0.3 is 6.03 Å². The zero-order valence-electron chi connectivity index (χ0n) is 11.5. The highest BCUT2D eigenvalue weighted by Gasteiger charge is 2.03. The minimum atomic E-state index is -0.721. The van der Waals surface area contributed by atoms with Gasteiger partial charge in [0.25, 0.3) is 0 Å². The van der Waals surface area contributed by atoms with E-state index >= 15 is 0 Å². The molecule has 0 atom stereocenters. The van der Waals surface area contributed by atoms with E-state index < -0.39 is 6.03 Å². The van der Waals surface area contributed by atoms with Gasteiger partial charge in [0.1, 0.15) is 5.75 Å². The largest absolute Gasteiger partial charge is 0.493 e. The molecule has 7 heteroatoms. The van der Waals surface area contributed by atoms with Crippen molar-refractivity contribution in [2.24, 2.45) is 10.8 Å². The lowest BCUT2D eigenvalue weighted by atomic mass is 10.2. The molecule has 1 rings (SSSR count). The number of unbranched alkanes of at least 4 members (excludes halogenated alkanes) is 3. The number of primary amides is 1. The van der Waals surface area contributed by atoms with Crippen LogP contribution in [-0.2, 0) is 0 Å². The number of nitrogens with one attached hydrogen (secondary N) is 1. The fraction of sp³-hybridized carbons (Fsp3) is 0.357. The maximum absolute atomic E-state index is 10.6. The molecule has 0 spiro atoms. The highest BCUT2D eigenvalue weighted by molar-refractivity contribution is 9.10. The van der Waals surface area contributed by atoms with E-state index in [2.05, 4.69) is 32.5 Å². The van der Waals surface area contributed by atoms with E-state index in [-0.39, 0.29) is 0 Å². The van der Waals surface area contributed by atoms with Crippen molar-refractivity contribution in [1.29, 1.82) is 5.26 Å². The van der Waals surface area contributed by atoms with E-state index in [0.29, 0.717) is 18.8 Å². The molecule has 0 aliphatic heterocycles. The van der Waals surface area contributed by atoms with Crippen molar-refractivity contribution >= 4 is 28.2 Å². The van der Waals surface area contributed by atoms with Crippen LogP contribution in [0.2, 0.25) is 0 Å². The van der Waals surface area contributed by atoms with Crippen LogP contribution in [0.4, 0.5) is 4.79 Å². The summed E-state index contributed by atoms with van der Waals surface area (Å²) in [6.07, 6.45) is 4.77. The van der Waals surface area contributed by atoms with Crippen molar-refractivity contribution in [1.82, 2.24) is 5.43 Å². The first-order valence-corrected chi connectivity index (χ1v) is 7.30. The minimum absolute atomic E-state index is 0.567. The van der Waals surface area contributed by atoms with Gasteiger partial charge in [0, 0.05) is 16.5 Å². The maximum atomic E-state index is 10.6. The number of urea groups is 1. The molecule has 0 radical (unpaired) electrons. The van der Waals surface area contributed by atoms with E-state index in [4.69, 9.17) is 15.7 Å². The Bertz CT molecular complexity index is 540. The SMILES string of the molecule is N#CCCCCCOc1ccc(Br)cc1C=NNC(N)=O. The fourth-order valence-electron chi connectivity index (χ4n) is 1.58. The molecule has 0 bridgehead atoms. The molecule has 2 amide bonds. The van der Waals surface area contributed by atoms with Gasteiger partial charge in [-0.15, -0.1) is 0 Å². The molecule has 0 saturated heterocycles. The average molecular weight is 353 g/mol. The topological polar surface area (TPSA) is 100 Å². The van der Waals surface area contributed by atoms with Crippen LogP contribution in [0, 0.1) is 11.3 Å². The number of nitrogens with zero attached hydrogens (tertiary/aromatic N) is 2. The van der Waals surface area contributed by atoms with Gasteiger partial charge in [-0.05, 0) is 37.5 Å². The predicted molar refractivity (Wildman–Crippen MR) is 84.0 cm³/mol. The predicted octanol–water partition coefficient (Wildman–Crippen LogP) is 2.91. The maximum Gasteiger partial charge on any atom is 0.332 e. The van der Waals surface area contributed by atoms with Crippen molar-refractivity contribution in [3.8, 4) is 11.8 Å². The number of rotatable bonds is 8. The molecule has 1 aromatic rings. The third kappa shape index (κ3) is 7.32. The van der Waals surface area contributed by atoms with E-state index in [1.54, 1.807) is 0 Å². The smallest absolute Gasteiger partial charge is 0.332 e. The van der Waals surface area contributed by atoms with Crippen LogP contribution in [0.25, 0.3) is 0 Å². The third-order valence-corrected chi connectivity index (χ3v) is 3.03. The number of ether oxygens (including phenoxy) is 1. The molecule has 0 saturated carbocycles. The number of nitriles is 1. The van der Waals surface area contributed by atoms with Crippen LogP contribution in [0.3, 0.4) is 0 Å². The number of hydrazone groups is 1. The molecule has 0 aliphatic rings. The van der Waals surface area contributed by atoms with Crippen LogP contribution < -0.4 is 15.9 Å². The summed E-state index contributed by atoms with van der Waals surface area (Å²) in [5.41, 5.74) is 7.81. The summed E-state index contributed by atoms with van der Waals surface area (Å²) in [6, 6.07) is 6.91. The van der Waals surface area contributed by atoms with Gasteiger partial charge in [0.15, 0.2) is 0 Å². The van der Waals surface area contributed by atoms with Crippen LogP contribution in [-0.4, -0.2) is 18.9 Å². The molecule has 0 aromatic heterocycles. The summed E-state index contributed by atoms with van der Waals surface area (Å²) >= 11 is 3.37. The zero-order valence-corrected chi connectivity index (χ0v) is 13.1. The van der Waals surface area contributed by atoms with Crippen molar-refractivity contribution in [2.75, 3.05) is 6.61 Å². The lowest BCUT2D eigenvalue weighted by molar-refractivity contribution is 0.249. The van der Waals surface area contributed by atoms with E-state index in [0.717, 1.165) is 29.3 Å². The number of halogens is 1. The Balaban J connectivity index is 2.54. The summed E-state index contributed by atoms with van der Waals surface area (Å²) in [5, 5.41) is 12.2. The van der Waals surface area contributed by atoms with Crippen molar-refractivity contribution in [3.63, 3.8) is 0 Å². The second-order valence-corrected chi connectivity index (χ2v) is 5.15. The van der Waals surface area contributed by atoms with Gasteiger partial charge in [-0.1, -0.05) is 15.9 Å². The molecular formula is C14H17BrN4O2. The van der Waals surface area contributed by atoms with Crippen molar-refractivity contribution < 1.29 is 9.53 Å². The Morgan fingerprint density at radius 3 is 3.00 bits per heavy atom. The summed E-state index contributed by atoms with van der Waals surface area (Å²) in [5.74, 6) is 0.675. The highest BCUT2D eigenvalue weighted by Crippen LogP contribution is 2.22. The number of carbonyl (C=O) groups excluding carboxylic acids is 1. The summed E-state index contributed by atoms with van der Waals surface area (Å²) in [4.78, 5) is 10.6. The van der Waals surface area contributed by atoms with Crippen LogP contribution in [0.5, 0.6) is 5.75 Å². The average Bonchev–Trinajstić information content (AvgIpc) is 2.44. The quantitative estimate of drug-likeness (QED) is 0.427. The first-order valence-electron chi connectivity index (χ1n) is 6.51. The molecule has 21 heavy (non-hydrogen) atoms. The number of hydrogen-bond donors (Lipinski definition) is 2. The number of amides is 2. The highest BCUT2D eigenvalue weighted by atomic mass is 79.9. The molecule has 0 fully saturated rings. The molecule has 1 aromatic carbocycles. The van der Waals surface area contributed by atoms with Crippen LogP contribution >= 0.6 is 15.9 Å². The second kappa shape index (κ2) is 9.77. The van der Waals surface area contributed by atoms with Crippen LogP contribution in [0.15, 0.2) is 27.8 Å². The third-order valence-electron chi connectivity index (χ3n) is 2.54. The van der Waals surface area contributed by atoms with Gasteiger partial charge in [0.2, 0.25) is 0 Å². The van der Waals surface area contributed by atoms with Gasteiger partial charge in [-0.25, -0.2) is 10.2 Å². The normalized spacial score (nSPS) is 10.3. The Morgan fingerprint density at radius 2 is 2.29 bits per heavy atom. The fourth-order valence-corrected chi connectivity index (χ4v) is 1.96. The molecule has 3 N–H and O–H groups in total. The standard InChI is InChI=1S/C14H17BrN4O2/c15-12-5-6-13(21-8-4-2-1-3-7-16)11(9-12)10-18-19-14(17)20/h5-6,9-10H,1-4,8H2,(H3,17,19,20). The van der Waals surface area contributed by atoms with Gasteiger partial charge in [-0.3, -0.25) is 0 Å². The summed E-state index contributed by atoms with van der Waals surface area (Å²) in [7, 11) is 0. The first kappa shape index (κ1) is 17.0. The molecule has 0 heterocycles. The lowest BCUT2D eigenvalue weighted by Gasteiger charge is -2.09. The number of hydrogen-bond acceptors (Lipinski definition) is 4. The lowest BCUT2D eigenvalue weighted by Crippen LogP contribution is -2.24. The monoisotopic (exact) mass is 352 g/mol. The number of nitrogens with two attached hydrogens (primary N) is 1. The molecule has 0 aliphatic carbocycles. The Hall–Kier alpha value is -2.07. The van der Waals surface area contributed by atoms with E-state index in [1.165, 1.54) is 6.21 Å². The van der Waals surface area contributed by atoms with Gasteiger partial charge in [-0.2, -0.15) is 10.4 Å². The Kier molecular flexibility index (Phi) is 7.90. The molecule has 112 valence electrons. The Morgan fingerprint density at radius 1 is 1.48 bits per heavy atom. The molecule has 6 nitrogen and oxygen atoms in total. The summed E-state index contributed by atoms with van der Waals surface area (Å²) < 4.78 is 6.57.